The van der Waals surface area contributed by atoms with Crippen molar-refractivity contribution in [1.82, 2.24) is 10.2 Å². The maximum absolute atomic E-state index is 5.62. The van der Waals surface area contributed by atoms with Crippen molar-refractivity contribution in [1.29, 1.82) is 0 Å². The minimum Gasteiger partial charge on any atom is -0.389 e. The summed E-state index contributed by atoms with van der Waals surface area (Å²) in [5, 5.41) is 10.9. The molecule has 0 amide bonds. The first-order valence-corrected chi connectivity index (χ1v) is 5.53. The molecule has 0 spiro atoms. The summed E-state index contributed by atoms with van der Waals surface area (Å²) in [5.41, 5.74) is 8.43. The summed E-state index contributed by atoms with van der Waals surface area (Å²) in [6.07, 6.45) is 1.56. The summed E-state index contributed by atoms with van der Waals surface area (Å²) in [6.45, 7) is 2.03. The second-order valence-corrected chi connectivity index (χ2v) is 4.09. The third-order valence-corrected chi connectivity index (χ3v) is 2.52. The van der Waals surface area contributed by atoms with Gasteiger partial charge in [-0.2, -0.15) is 5.10 Å². The molecule has 1 aromatic heterocycles. The van der Waals surface area contributed by atoms with Crippen LogP contribution in [0.3, 0.4) is 0 Å². The first-order valence-electron chi connectivity index (χ1n) is 5.12. The number of nitrogens with one attached hydrogen (secondary N) is 1. The van der Waals surface area contributed by atoms with Gasteiger partial charge in [0.2, 0.25) is 0 Å². The molecule has 86 valence electrons. The number of nitrogens with two attached hydrogens (primary N) is 1. The Morgan fingerprint density at radius 2 is 1.94 bits per heavy atom. The fourth-order valence-corrected chi connectivity index (χ4v) is 1.56. The van der Waals surface area contributed by atoms with Crippen molar-refractivity contribution in [2.75, 3.05) is 5.32 Å². The van der Waals surface area contributed by atoms with Gasteiger partial charge in [-0.05, 0) is 25.1 Å². The fraction of sp³-hybridized carbons (Fsp3) is 0.0833. The SMILES string of the molecule is Cc1ccc(Nc2nnccc2C(N)=S)cc1. The molecule has 17 heavy (non-hydrogen) atoms. The summed E-state index contributed by atoms with van der Waals surface area (Å²) in [7, 11) is 0. The average Bonchev–Trinajstić information content (AvgIpc) is 2.32. The maximum Gasteiger partial charge on any atom is 0.163 e. The molecule has 1 heterocycles. The first-order chi connectivity index (χ1) is 8.16. The number of rotatable bonds is 3. The summed E-state index contributed by atoms with van der Waals surface area (Å²) in [5.74, 6) is 0.573. The van der Waals surface area contributed by atoms with E-state index in [4.69, 9.17) is 18.0 Å². The van der Waals surface area contributed by atoms with Crippen LogP contribution in [0.1, 0.15) is 11.1 Å². The number of nitrogens with zero attached hydrogens (tertiary/aromatic N) is 2. The highest BCUT2D eigenvalue weighted by Crippen LogP contribution is 2.17. The van der Waals surface area contributed by atoms with E-state index >= 15 is 0 Å². The minimum atomic E-state index is 0.300. The summed E-state index contributed by atoms with van der Waals surface area (Å²) >= 11 is 4.96. The van der Waals surface area contributed by atoms with Crippen LogP contribution in [-0.2, 0) is 0 Å². The van der Waals surface area contributed by atoms with E-state index in [1.165, 1.54) is 5.56 Å². The lowest BCUT2D eigenvalue weighted by atomic mass is 10.2. The quantitative estimate of drug-likeness (QED) is 0.810. The van der Waals surface area contributed by atoms with E-state index in [0.29, 0.717) is 16.4 Å². The second-order valence-electron chi connectivity index (χ2n) is 3.65. The zero-order valence-electron chi connectivity index (χ0n) is 9.34. The van der Waals surface area contributed by atoms with Gasteiger partial charge in [0.05, 0.1) is 11.8 Å². The predicted octanol–water partition coefficient (Wildman–Crippen LogP) is 2.16. The highest BCUT2D eigenvalue weighted by Gasteiger charge is 2.06. The Hall–Kier alpha value is -2.01. The van der Waals surface area contributed by atoms with E-state index in [-0.39, 0.29) is 0 Å². The van der Waals surface area contributed by atoms with Crippen molar-refractivity contribution in [2.45, 2.75) is 6.92 Å². The first kappa shape index (κ1) is 11.5. The van der Waals surface area contributed by atoms with Gasteiger partial charge in [-0.3, -0.25) is 0 Å². The number of anilines is 2. The monoisotopic (exact) mass is 244 g/mol. The number of aromatic nitrogens is 2. The topological polar surface area (TPSA) is 63.8 Å². The van der Waals surface area contributed by atoms with Crippen molar-refractivity contribution < 1.29 is 0 Å². The molecule has 0 aliphatic rings. The molecule has 0 aliphatic heterocycles. The van der Waals surface area contributed by atoms with Gasteiger partial charge in [-0.25, -0.2) is 0 Å². The summed E-state index contributed by atoms with van der Waals surface area (Å²) < 4.78 is 0. The molecule has 0 radical (unpaired) electrons. The lowest BCUT2D eigenvalue weighted by molar-refractivity contribution is 1.03. The van der Waals surface area contributed by atoms with Crippen LogP contribution in [0.25, 0.3) is 0 Å². The van der Waals surface area contributed by atoms with E-state index < -0.39 is 0 Å². The highest BCUT2D eigenvalue weighted by molar-refractivity contribution is 7.80. The van der Waals surface area contributed by atoms with Crippen molar-refractivity contribution in [2.24, 2.45) is 5.73 Å². The molecule has 0 unspecified atom stereocenters. The Balaban J connectivity index is 2.30. The smallest absolute Gasteiger partial charge is 0.163 e. The lowest BCUT2D eigenvalue weighted by Gasteiger charge is -2.08. The molecule has 2 rings (SSSR count). The van der Waals surface area contributed by atoms with Crippen molar-refractivity contribution in [3.05, 3.63) is 47.7 Å². The molecule has 0 atom stereocenters. The fourth-order valence-electron chi connectivity index (χ4n) is 1.40. The van der Waals surface area contributed by atoms with Gasteiger partial charge in [0, 0.05) is 5.69 Å². The molecule has 0 bridgehead atoms. The van der Waals surface area contributed by atoms with Gasteiger partial charge < -0.3 is 11.1 Å². The van der Waals surface area contributed by atoms with Gasteiger partial charge in [0.25, 0.3) is 0 Å². The zero-order valence-corrected chi connectivity index (χ0v) is 10.2. The second kappa shape index (κ2) is 4.88. The normalized spacial score (nSPS) is 9.94. The van der Waals surface area contributed by atoms with Crippen molar-refractivity contribution in [3.63, 3.8) is 0 Å². The van der Waals surface area contributed by atoms with Gasteiger partial charge in [0.1, 0.15) is 4.99 Å². The molecule has 1 aromatic carbocycles. The van der Waals surface area contributed by atoms with E-state index in [2.05, 4.69) is 15.5 Å². The van der Waals surface area contributed by atoms with Crippen LogP contribution in [0.4, 0.5) is 11.5 Å². The standard InChI is InChI=1S/C12H12N4S/c1-8-2-4-9(5-3-8)15-12-10(11(13)17)6-7-14-16-12/h2-7H,1H3,(H2,13,17)(H,15,16). The van der Waals surface area contributed by atoms with E-state index in [1.54, 1.807) is 12.3 Å². The van der Waals surface area contributed by atoms with Crippen LogP contribution < -0.4 is 11.1 Å². The molecule has 0 aliphatic carbocycles. The van der Waals surface area contributed by atoms with Crippen LogP contribution in [0.15, 0.2) is 36.5 Å². The van der Waals surface area contributed by atoms with E-state index in [1.807, 2.05) is 31.2 Å². The Labute approximate surface area is 105 Å². The van der Waals surface area contributed by atoms with Gasteiger partial charge >= 0.3 is 0 Å². The predicted molar refractivity (Wildman–Crippen MR) is 72.4 cm³/mol. The summed E-state index contributed by atoms with van der Waals surface area (Å²) in [6, 6.07) is 9.70. The third kappa shape index (κ3) is 2.76. The molecule has 4 nitrogen and oxygen atoms in total. The Bertz CT molecular complexity index is 536. The molecule has 5 heteroatoms. The van der Waals surface area contributed by atoms with E-state index in [0.717, 1.165) is 5.69 Å². The molecule has 2 aromatic rings. The van der Waals surface area contributed by atoms with Crippen LogP contribution in [-0.4, -0.2) is 15.2 Å². The van der Waals surface area contributed by atoms with Crippen molar-refractivity contribution >= 4 is 28.7 Å². The van der Waals surface area contributed by atoms with Crippen LogP contribution in [0.2, 0.25) is 0 Å². The largest absolute Gasteiger partial charge is 0.389 e. The number of thiocarbonyl (C=S) groups is 1. The maximum atomic E-state index is 5.62. The third-order valence-electron chi connectivity index (χ3n) is 2.30. The number of benzene rings is 1. The van der Waals surface area contributed by atoms with Gasteiger partial charge in [-0.15, -0.1) is 5.10 Å². The molecule has 0 fully saturated rings. The lowest BCUT2D eigenvalue weighted by Crippen LogP contribution is -2.13. The van der Waals surface area contributed by atoms with Gasteiger partial charge in [0.15, 0.2) is 5.82 Å². The number of aryl methyl sites for hydroxylation is 1. The molecule has 0 saturated heterocycles. The Morgan fingerprint density at radius 1 is 1.24 bits per heavy atom. The molecular formula is C12H12N4S. The summed E-state index contributed by atoms with van der Waals surface area (Å²) in [4.78, 5) is 0.300. The molecule has 0 saturated carbocycles. The van der Waals surface area contributed by atoms with Crippen LogP contribution in [0, 0.1) is 6.92 Å². The van der Waals surface area contributed by atoms with Crippen LogP contribution in [0.5, 0.6) is 0 Å². The van der Waals surface area contributed by atoms with E-state index in [9.17, 15) is 0 Å². The Morgan fingerprint density at radius 3 is 2.59 bits per heavy atom. The highest BCUT2D eigenvalue weighted by atomic mass is 32.1. The molecular weight excluding hydrogens is 232 g/mol. The number of hydrogen-bond donors (Lipinski definition) is 2. The zero-order chi connectivity index (χ0) is 12.3. The average molecular weight is 244 g/mol. The minimum absolute atomic E-state index is 0.300. The Kier molecular flexibility index (Phi) is 3.30. The van der Waals surface area contributed by atoms with Crippen molar-refractivity contribution in [3.8, 4) is 0 Å². The van der Waals surface area contributed by atoms with Crippen LogP contribution >= 0.6 is 12.2 Å². The van der Waals surface area contributed by atoms with Gasteiger partial charge in [-0.1, -0.05) is 29.9 Å². The number of hydrogen-bond acceptors (Lipinski definition) is 4. The molecule has 3 N–H and O–H groups in total.